The maximum Gasteiger partial charge on any atom is 0.329 e. The number of nitrogens with zero attached hydrogens (tertiary/aromatic N) is 6. The third kappa shape index (κ3) is 4.34. The normalized spacial score (nSPS) is 14.1. The number of piperazine rings is 1. The predicted molar refractivity (Wildman–Crippen MR) is 136 cm³/mol. The van der Waals surface area contributed by atoms with Crippen LogP contribution in [0.2, 0.25) is 0 Å². The van der Waals surface area contributed by atoms with Crippen molar-refractivity contribution >= 4 is 22.6 Å². The van der Waals surface area contributed by atoms with Gasteiger partial charge in [0.05, 0.1) is 18.1 Å². The van der Waals surface area contributed by atoms with E-state index >= 15 is 0 Å². The Morgan fingerprint density at radius 1 is 1.08 bits per heavy atom. The summed E-state index contributed by atoms with van der Waals surface area (Å²) in [7, 11) is 1.65. The van der Waals surface area contributed by atoms with Crippen molar-refractivity contribution in [1.82, 2.24) is 24.2 Å². The summed E-state index contributed by atoms with van der Waals surface area (Å²) in [5.41, 5.74) is 3.05. The van der Waals surface area contributed by atoms with Crippen LogP contribution in [0.4, 0.5) is 5.69 Å². The van der Waals surface area contributed by atoms with Crippen molar-refractivity contribution in [3.8, 4) is 17.1 Å². The minimum atomic E-state index is -0.204. The van der Waals surface area contributed by atoms with Crippen LogP contribution in [0.25, 0.3) is 22.4 Å². The highest BCUT2D eigenvalue weighted by Gasteiger charge is 2.24. The van der Waals surface area contributed by atoms with Gasteiger partial charge in [-0.15, -0.1) is 0 Å². The van der Waals surface area contributed by atoms with Crippen LogP contribution in [0.1, 0.15) is 25.8 Å². The fraction of sp³-hybridized carbons (Fsp3) is 0.385. The lowest BCUT2D eigenvalue weighted by Gasteiger charge is -2.36. The summed E-state index contributed by atoms with van der Waals surface area (Å²) < 4.78 is 13.7. The summed E-state index contributed by atoms with van der Waals surface area (Å²) in [6, 6.07) is 13.5. The van der Waals surface area contributed by atoms with E-state index in [0.29, 0.717) is 43.4 Å². The number of carbonyl (C=O) groups is 1. The summed E-state index contributed by atoms with van der Waals surface area (Å²) in [4.78, 5) is 35.1. The molecular formula is C26H30N6O4. The smallest absolute Gasteiger partial charge is 0.329 e. The predicted octanol–water partition coefficient (Wildman–Crippen LogP) is 3.10. The molecule has 10 heteroatoms. The monoisotopic (exact) mass is 490 g/mol. The van der Waals surface area contributed by atoms with Crippen molar-refractivity contribution in [3.05, 3.63) is 58.8 Å². The third-order valence-electron chi connectivity index (χ3n) is 6.61. The van der Waals surface area contributed by atoms with E-state index in [0.717, 1.165) is 22.5 Å². The summed E-state index contributed by atoms with van der Waals surface area (Å²) in [6.07, 6.45) is 0. The molecule has 10 nitrogen and oxygen atoms in total. The Balaban J connectivity index is 1.39. The SMILES string of the molecule is COc1cccc(N2CCN(C(=O)Cn3c(=O)n(C(C)C)c4ccc(-c5noc(C)n5)cc43)CC2)c1. The molecule has 2 aromatic heterocycles. The van der Waals surface area contributed by atoms with Crippen molar-refractivity contribution in [2.24, 2.45) is 0 Å². The van der Waals surface area contributed by atoms with Gasteiger partial charge in [-0.25, -0.2) is 4.79 Å². The number of carbonyl (C=O) groups excluding carboxylic acids is 1. The van der Waals surface area contributed by atoms with E-state index in [1.807, 2.05) is 61.2 Å². The van der Waals surface area contributed by atoms with E-state index in [2.05, 4.69) is 15.0 Å². The molecule has 0 radical (unpaired) electrons. The molecule has 0 unspecified atom stereocenters. The summed E-state index contributed by atoms with van der Waals surface area (Å²) in [5, 5.41) is 4.00. The number of hydrogen-bond donors (Lipinski definition) is 0. The number of aromatic nitrogens is 4. The lowest BCUT2D eigenvalue weighted by atomic mass is 10.2. The van der Waals surface area contributed by atoms with Crippen molar-refractivity contribution in [1.29, 1.82) is 0 Å². The zero-order valence-electron chi connectivity index (χ0n) is 21.0. The molecule has 1 aliphatic rings. The first-order valence-electron chi connectivity index (χ1n) is 12.1. The van der Waals surface area contributed by atoms with Crippen LogP contribution in [0.15, 0.2) is 51.8 Å². The molecule has 0 aliphatic carbocycles. The third-order valence-corrected chi connectivity index (χ3v) is 6.61. The molecule has 4 aromatic rings. The van der Waals surface area contributed by atoms with Gasteiger partial charge in [0.1, 0.15) is 12.3 Å². The van der Waals surface area contributed by atoms with Gasteiger partial charge in [-0.2, -0.15) is 4.98 Å². The molecule has 0 saturated carbocycles. The van der Waals surface area contributed by atoms with Gasteiger partial charge in [0.25, 0.3) is 0 Å². The van der Waals surface area contributed by atoms with Gasteiger partial charge in [-0.05, 0) is 44.2 Å². The Bertz CT molecular complexity index is 1460. The molecule has 1 amide bonds. The average molecular weight is 491 g/mol. The van der Waals surface area contributed by atoms with E-state index < -0.39 is 0 Å². The van der Waals surface area contributed by atoms with Gasteiger partial charge in [0.15, 0.2) is 0 Å². The van der Waals surface area contributed by atoms with Gasteiger partial charge < -0.3 is 19.1 Å². The molecule has 3 heterocycles. The Morgan fingerprint density at radius 3 is 2.53 bits per heavy atom. The van der Waals surface area contributed by atoms with E-state index in [-0.39, 0.29) is 24.2 Å². The van der Waals surface area contributed by atoms with Gasteiger partial charge in [-0.1, -0.05) is 11.2 Å². The molecular weight excluding hydrogens is 460 g/mol. The highest BCUT2D eigenvalue weighted by atomic mass is 16.5. The van der Waals surface area contributed by atoms with Crippen molar-refractivity contribution in [3.63, 3.8) is 0 Å². The molecule has 1 saturated heterocycles. The number of fused-ring (bicyclic) bond motifs is 1. The van der Waals surface area contributed by atoms with Crippen LogP contribution in [0.5, 0.6) is 5.75 Å². The zero-order valence-corrected chi connectivity index (χ0v) is 21.0. The molecule has 1 aliphatic heterocycles. The number of imidazole rings is 1. The number of benzene rings is 2. The van der Waals surface area contributed by atoms with E-state index in [9.17, 15) is 9.59 Å². The number of hydrogen-bond acceptors (Lipinski definition) is 7. The molecule has 0 atom stereocenters. The van der Waals surface area contributed by atoms with Gasteiger partial charge >= 0.3 is 5.69 Å². The number of methoxy groups -OCH3 is 1. The number of anilines is 1. The second-order valence-electron chi connectivity index (χ2n) is 9.24. The summed E-state index contributed by atoms with van der Waals surface area (Å²) in [5.74, 6) is 1.64. The minimum Gasteiger partial charge on any atom is -0.497 e. The van der Waals surface area contributed by atoms with E-state index in [1.54, 1.807) is 23.2 Å². The standard InChI is InChI=1S/C26H30N6O4/c1-17(2)32-22-9-8-19(25-27-18(3)36-28-25)14-23(22)31(26(32)34)16-24(33)30-12-10-29(11-13-30)20-6-5-7-21(15-20)35-4/h5-9,14-15,17H,10-13,16H2,1-4H3. The lowest BCUT2D eigenvalue weighted by Crippen LogP contribution is -2.50. The Kier molecular flexibility index (Phi) is 6.26. The topological polar surface area (TPSA) is 98.6 Å². The summed E-state index contributed by atoms with van der Waals surface area (Å²) in [6.45, 7) is 8.21. The number of amides is 1. The summed E-state index contributed by atoms with van der Waals surface area (Å²) >= 11 is 0. The van der Waals surface area contributed by atoms with Crippen molar-refractivity contribution in [2.75, 3.05) is 38.2 Å². The number of rotatable bonds is 6. The molecule has 1 fully saturated rings. The van der Waals surface area contributed by atoms with E-state index in [4.69, 9.17) is 9.26 Å². The Morgan fingerprint density at radius 2 is 1.86 bits per heavy atom. The van der Waals surface area contributed by atoms with Gasteiger partial charge in [-0.3, -0.25) is 13.9 Å². The maximum absolute atomic E-state index is 13.4. The highest BCUT2D eigenvalue weighted by Crippen LogP contribution is 2.25. The first kappa shape index (κ1) is 23.7. The lowest BCUT2D eigenvalue weighted by molar-refractivity contribution is -0.132. The molecule has 0 bridgehead atoms. The molecule has 36 heavy (non-hydrogen) atoms. The fourth-order valence-corrected chi connectivity index (χ4v) is 4.74. The molecule has 5 rings (SSSR count). The van der Waals surface area contributed by atoms with Crippen LogP contribution in [-0.4, -0.2) is 63.4 Å². The Labute approximate surface area is 208 Å². The first-order chi connectivity index (χ1) is 17.4. The second kappa shape index (κ2) is 9.52. The van der Waals surface area contributed by atoms with Crippen LogP contribution in [0.3, 0.4) is 0 Å². The zero-order chi connectivity index (χ0) is 25.4. The number of aryl methyl sites for hydroxylation is 1. The molecule has 0 N–H and O–H groups in total. The van der Waals surface area contributed by atoms with Crippen LogP contribution < -0.4 is 15.3 Å². The van der Waals surface area contributed by atoms with Crippen LogP contribution in [-0.2, 0) is 11.3 Å². The Hall–Kier alpha value is -4.08. The van der Waals surface area contributed by atoms with Gasteiger partial charge in [0.2, 0.25) is 17.6 Å². The largest absolute Gasteiger partial charge is 0.497 e. The number of ether oxygens (including phenoxy) is 1. The maximum atomic E-state index is 13.4. The average Bonchev–Trinajstić information content (AvgIpc) is 3.44. The quantitative estimate of drug-likeness (QED) is 0.410. The van der Waals surface area contributed by atoms with Crippen molar-refractivity contribution < 1.29 is 14.1 Å². The first-order valence-corrected chi connectivity index (χ1v) is 12.1. The highest BCUT2D eigenvalue weighted by molar-refractivity contribution is 5.84. The molecule has 0 spiro atoms. The van der Waals surface area contributed by atoms with Gasteiger partial charge in [0, 0.05) is 56.5 Å². The van der Waals surface area contributed by atoms with Crippen LogP contribution >= 0.6 is 0 Å². The minimum absolute atomic E-state index is 0.0249. The van der Waals surface area contributed by atoms with Crippen molar-refractivity contribution in [2.45, 2.75) is 33.4 Å². The van der Waals surface area contributed by atoms with Crippen LogP contribution in [0, 0.1) is 6.92 Å². The second-order valence-corrected chi connectivity index (χ2v) is 9.24. The molecule has 2 aromatic carbocycles. The fourth-order valence-electron chi connectivity index (χ4n) is 4.74. The molecule has 188 valence electrons. The van der Waals surface area contributed by atoms with E-state index in [1.165, 1.54) is 0 Å².